The van der Waals surface area contributed by atoms with Gasteiger partial charge in [0.15, 0.2) is 0 Å². The van der Waals surface area contributed by atoms with Crippen LogP contribution in [0, 0.1) is 6.92 Å². The lowest BCUT2D eigenvalue weighted by Gasteiger charge is -2.07. The molecular weight excluding hydrogens is 226 g/mol. The molecule has 16 heavy (non-hydrogen) atoms. The topological polar surface area (TPSA) is 64.0 Å². The summed E-state index contributed by atoms with van der Waals surface area (Å²) in [5.74, 6) is 0.950. The third-order valence-electron chi connectivity index (χ3n) is 2.51. The van der Waals surface area contributed by atoms with Gasteiger partial charge in [0, 0.05) is 25.0 Å². The number of hydrogen-bond donors (Lipinski definition) is 1. The molecule has 0 amide bonds. The second-order valence-electron chi connectivity index (χ2n) is 4.45. The lowest BCUT2D eigenvalue weighted by Crippen LogP contribution is -2.14. The lowest BCUT2D eigenvalue weighted by atomic mass is 10.6. The number of rotatable bonds is 5. The highest BCUT2D eigenvalue weighted by atomic mass is 32.2. The predicted octanol–water partition coefficient (Wildman–Crippen LogP) is 0.810. The Morgan fingerprint density at radius 1 is 1.56 bits per heavy atom. The zero-order valence-corrected chi connectivity index (χ0v) is 10.4. The quantitative estimate of drug-likeness (QED) is 0.831. The molecule has 0 atom stereocenters. The Balaban J connectivity index is 2.06. The van der Waals surface area contributed by atoms with E-state index in [2.05, 4.69) is 10.3 Å². The number of nitrogens with zero attached hydrogens (tertiary/aromatic N) is 2. The summed E-state index contributed by atoms with van der Waals surface area (Å²) in [7, 11) is -2.92. The van der Waals surface area contributed by atoms with Crippen LogP contribution in [-0.4, -0.2) is 36.0 Å². The van der Waals surface area contributed by atoms with Gasteiger partial charge >= 0.3 is 0 Å². The minimum atomic E-state index is -2.92. The number of nitrogens with one attached hydrogen (secondary N) is 1. The standard InChI is InChI=1S/C10H17N3O2S/c1-8-7-13(5-6-16(2,14)15)10(11-8)12-9-3-4-9/h7,9H,3-6H2,1-2H3,(H,11,12). The Hall–Kier alpha value is -1.04. The average molecular weight is 243 g/mol. The van der Waals surface area contributed by atoms with Crippen molar-refractivity contribution in [3.63, 3.8) is 0 Å². The first-order valence-electron chi connectivity index (χ1n) is 5.42. The first kappa shape index (κ1) is 11.4. The van der Waals surface area contributed by atoms with Crippen LogP contribution in [0.5, 0.6) is 0 Å². The van der Waals surface area contributed by atoms with E-state index in [0.29, 0.717) is 12.6 Å². The molecule has 6 heteroatoms. The fourth-order valence-corrected chi connectivity index (χ4v) is 2.04. The number of imidazole rings is 1. The van der Waals surface area contributed by atoms with Gasteiger partial charge < -0.3 is 9.88 Å². The fourth-order valence-electron chi connectivity index (χ4n) is 1.51. The van der Waals surface area contributed by atoms with Gasteiger partial charge in [-0.2, -0.15) is 0 Å². The SMILES string of the molecule is Cc1cn(CCS(C)(=O)=O)c(NC2CC2)n1. The van der Waals surface area contributed by atoms with Crippen molar-refractivity contribution in [2.75, 3.05) is 17.3 Å². The van der Waals surface area contributed by atoms with Crippen molar-refractivity contribution < 1.29 is 8.42 Å². The third kappa shape index (κ3) is 3.23. The molecule has 2 rings (SSSR count). The summed E-state index contributed by atoms with van der Waals surface area (Å²) in [5.41, 5.74) is 0.914. The van der Waals surface area contributed by atoms with E-state index in [0.717, 1.165) is 11.6 Å². The van der Waals surface area contributed by atoms with E-state index >= 15 is 0 Å². The molecule has 90 valence electrons. The number of hydrogen-bond acceptors (Lipinski definition) is 4. The lowest BCUT2D eigenvalue weighted by molar-refractivity contribution is 0.595. The van der Waals surface area contributed by atoms with Crippen molar-refractivity contribution in [2.45, 2.75) is 32.4 Å². The number of aryl methyl sites for hydroxylation is 2. The van der Waals surface area contributed by atoms with E-state index in [1.54, 1.807) is 0 Å². The van der Waals surface area contributed by atoms with E-state index in [4.69, 9.17) is 0 Å². The maximum atomic E-state index is 11.1. The molecule has 1 aromatic rings. The van der Waals surface area contributed by atoms with Crippen molar-refractivity contribution in [3.8, 4) is 0 Å². The molecule has 5 nitrogen and oxygen atoms in total. The van der Waals surface area contributed by atoms with Crippen LogP contribution in [0.3, 0.4) is 0 Å². The first-order chi connectivity index (χ1) is 7.44. The van der Waals surface area contributed by atoms with E-state index < -0.39 is 9.84 Å². The van der Waals surface area contributed by atoms with Crippen LogP contribution in [0.4, 0.5) is 5.95 Å². The fraction of sp³-hybridized carbons (Fsp3) is 0.700. The summed E-state index contributed by atoms with van der Waals surface area (Å²) in [4.78, 5) is 4.35. The molecule has 0 spiro atoms. The van der Waals surface area contributed by atoms with Crippen LogP contribution >= 0.6 is 0 Å². The van der Waals surface area contributed by atoms with Crippen LogP contribution in [0.2, 0.25) is 0 Å². The Labute approximate surface area is 95.8 Å². The number of sulfone groups is 1. The smallest absolute Gasteiger partial charge is 0.203 e. The van der Waals surface area contributed by atoms with Gasteiger partial charge in [-0.25, -0.2) is 13.4 Å². The highest BCUT2D eigenvalue weighted by Gasteiger charge is 2.23. The Bertz CT molecular complexity index is 474. The van der Waals surface area contributed by atoms with Gasteiger partial charge in [-0.3, -0.25) is 0 Å². The van der Waals surface area contributed by atoms with Crippen molar-refractivity contribution in [2.24, 2.45) is 0 Å². The molecule has 1 aromatic heterocycles. The molecule has 0 saturated heterocycles. The van der Waals surface area contributed by atoms with Gasteiger partial charge in [-0.15, -0.1) is 0 Å². The largest absolute Gasteiger partial charge is 0.353 e. The van der Waals surface area contributed by atoms with Gasteiger partial charge in [0.05, 0.1) is 11.4 Å². The van der Waals surface area contributed by atoms with Crippen molar-refractivity contribution in [3.05, 3.63) is 11.9 Å². The normalized spacial score (nSPS) is 16.4. The number of aromatic nitrogens is 2. The average Bonchev–Trinajstić information content (AvgIpc) is 2.86. The second kappa shape index (κ2) is 4.08. The molecule has 1 aliphatic rings. The third-order valence-corrected chi connectivity index (χ3v) is 3.43. The van der Waals surface area contributed by atoms with Crippen LogP contribution < -0.4 is 5.32 Å². The van der Waals surface area contributed by atoms with Gasteiger partial charge in [-0.1, -0.05) is 0 Å². The Morgan fingerprint density at radius 2 is 2.25 bits per heavy atom. The van der Waals surface area contributed by atoms with Crippen LogP contribution in [0.15, 0.2) is 6.20 Å². The number of anilines is 1. The molecular formula is C10H17N3O2S. The zero-order chi connectivity index (χ0) is 11.8. The molecule has 1 fully saturated rings. The van der Waals surface area contributed by atoms with E-state index in [-0.39, 0.29) is 5.75 Å². The molecule has 0 aliphatic heterocycles. The summed E-state index contributed by atoms with van der Waals surface area (Å²) >= 11 is 0. The van der Waals surface area contributed by atoms with Gasteiger partial charge in [0.25, 0.3) is 0 Å². The highest BCUT2D eigenvalue weighted by Crippen LogP contribution is 2.24. The summed E-state index contributed by atoms with van der Waals surface area (Å²) in [6.07, 6.45) is 5.50. The van der Waals surface area contributed by atoms with Crippen LogP contribution in [0.1, 0.15) is 18.5 Å². The van der Waals surface area contributed by atoms with Crippen molar-refractivity contribution in [1.29, 1.82) is 0 Å². The van der Waals surface area contributed by atoms with Crippen LogP contribution in [-0.2, 0) is 16.4 Å². The highest BCUT2D eigenvalue weighted by molar-refractivity contribution is 7.90. The van der Waals surface area contributed by atoms with Crippen molar-refractivity contribution in [1.82, 2.24) is 9.55 Å². The van der Waals surface area contributed by atoms with Gasteiger partial charge in [0.1, 0.15) is 9.84 Å². The van der Waals surface area contributed by atoms with E-state index in [1.165, 1.54) is 19.1 Å². The molecule has 0 radical (unpaired) electrons. The zero-order valence-electron chi connectivity index (χ0n) is 9.60. The summed E-state index contributed by atoms with van der Waals surface area (Å²) in [6.45, 7) is 2.38. The minimum Gasteiger partial charge on any atom is -0.353 e. The van der Waals surface area contributed by atoms with Crippen LogP contribution in [0.25, 0.3) is 0 Å². The van der Waals surface area contributed by atoms with Crippen molar-refractivity contribution >= 4 is 15.8 Å². The maximum Gasteiger partial charge on any atom is 0.203 e. The van der Waals surface area contributed by atoms with Gasteiger partial charge in [-0.05, 0) is 19.8 Å². The Kier molecular flexibility index (Phi) is 2.92. The summed E-state index contributed by atoms with van der Waals surface area (Å²) in [5, 5.41) is 3.30. The van der Waals surface area contributed by atoms with E-state index in [9.17, 15) is 8.42 Å². The maximum absolute atomic E-state index is 11.1. The van der Waals surface area contributed by atoms with Gasteiger partial charge in [0.2, 0.25) is 5.95 Å². The Morgan fingerprint density at radius 3 is 2.81 bits per heavy atom. The second-order valence-corrected chi connectivity index (χ2v) is 6.71. The summed E-state index contributed by atoms with van der Waals surface area (Å²) < 4.78 is 24.1. The molecule has 1 N–H and O–H groups in total. The molecule has 1 saturated carbocycles. The molecule has 0 aromatic carbocycles. The molecule has 0 unspecified atom stereocenters. The van der Waals surface area contributed by atoms with E-state index in [1.807, 2.05) is 17.7 Å². The predicted molar refractivity (Wildman–Crippen MR) is 63.3 cm³/mol. The minimum absolute atomic E-state index is 0.155. The summed E-state index contributed by atoms with van der Waals surface area (Å²) in [6, 6.07) is 0.527. The molecule has 1 aliphatic carbocycles. The monoisotopic (exact) mass is 243 g/mol. The molecule has 1 heterocycles. The first-order valence-corrected chi connectivity index (χ1v) is 7.48. The molecule has 0 bridgehead atoms.